The number of benzene rings is 2. The van der Waals surface area contributed by atoms with E-state index in [0.717, 1.165) is 16.9 Å². The van der Waals surface area contributed by atoms with Crippen LogP contribution in [0.1, 0.15) is 6.42 Å². The molecular weight excluding hydrogens is 266 g/mol. The van der Waals surface area contributed by atoms with Crippen molar-refractivity contribution in [3.05, 3.63) is 48.5 Å². The second-order valence-electron chi connectivity index (χ2n) is 4.81. The van der Waals surface area contributed by atoms with E-state index in [9.17, 15) is 4.79 Å². The minimum Gasteiger partial charge on any atom is -0.481 e. The van der Waals surface area contributed by atoms with Gasteiger partial charge in [0.15, 0.2) is 0 Å². The van der Waals surface area contributed by atoms with Gasteiger partial charge in [-0.15, -0.1) is 0 Å². The molecule has 0 atom stereocenters. The lowest BCUT2D eigenvalue weighted by Gasteiger charge is -2.07. The lowest BCUT2D eigenvalue weighted by molar-refractivity contribution is -0.137. The number of para-hydroxylation sites is 1. The number of hydrogen-bond donors (Lipinski definition) is 2. The van der Waals surface area contributed by atoms with Gasteiger partial charge in [-0.05, 0) is 12.1 Å². The molecule has 21 heavy (non-hydrogen) atoms. The monoisotopic (exact) mass is 281 g/mol. The molecule has 2 aromatic carbocycles. The Hall–Kier alpha value is -2.82. The first-order valence-corrected chi connectivity index (χ1v) is 6.69. The highest BCUT2D eigenvalue weighted by molar-refractivity contribution is 5.90. The van der Waals surface area contributed by atoms with E-state index in [1.54, 1.807) is 6.07 Å². The van der Waals surface area contributed by atoms with Crippen molar-refractivity contribution in [1.82, 2.24) is 9.55 Å². The van der Waals surface area contributed by atoms with Crippen LogP contribution in [0.4, 0.5) is 5.69 Å². The molecule has 0 unspecified atom stereocenters. The van der Waals surface area contributed by atoms with Crippen molar-refractivity contribution >= 4 is 22.7 Å². The van der Waals surface area contributed by atoms with Gasteiger partial charge in [-0.1, -0.05) is 36.4 Å². The summed E-state index contributed by atoms with van der Waals surface area (Å²) >= 11 is 0. The molecule has 0 aliphatic heterocycles. The van der Waals surface area contributed by atoms with Crippen LogP contribution in [0.25, 0.3) is 22.4 Å². The SMILES string of the molecule is Nc1cccc2c1nc(-c1ccccc1)n2CCC(=O)O. The molecule has 0 saturated heterocycles. The number of carboxylic acid groups (broad SMARTS) is 1. The largest absolute Gasteiger partial charge is 0.481 e. The van der Waals surface area contributed by atoms with E-state index in [1.807, 2.05) is 47.0 Å². The van der Waals surface area contributed by atoms with Crippen molar-refractivity contribution in [3.63, 3.8) is 0 Å². The van der Waals surface area contributed by atoms with Crippen LogP contribution in [0, 0.1) is 0 Å². The van der Waals surface area contributed by atoms with Gasteiger partial charge in [-0.25, -0.2) is 4.98 Å². The quantitative estimate of drug-likeness (QED) is 0.720. The third-order valence-electron chi connectivity index (χ3n) is 3.39. The summed E-state index contributed by atoms with van der Waals surface area (Å²) in [5, 5.41) is 8.94. The van der Waals surface area contributed by atoms with Crippen LogP contribution in [0.5, 0.6) is 0 Å². The zero-order valence-corrected chi connectivity index (χ0v) is 11.4. The Balaban J connectivity index is 2.20. The number of hydrogen-bond acceptors (Lipinski definition) is 3. The van der Waals surface area contributed by atoms with E-state index in [0.29, 0.717) is 17.7 Å². The molecule has 5 nitrogen and oxygen atoms in total. The summed E-state index contributed by atoms with van der Waals surface area (Å²) in [5.74, 6) is -0.0930. The molecule has 3 aromatic rings. The maximum Gasteiger partial charge on any atom is 0.305 e. The summed E-state index contributed by atoms with van der Waals surface area (Å²) in [7, 11) is 0. The number of aryl methyl sites for hydroxylation is 1. The zero-order valence-electron chi connectivity index (χ0n) is 11.4. The third kappa shape index (κ3) is 2.45. The average molecular weight is 281 g/mol. The first kappa shape index (κ1) is 13.2. The van der Waals surface area contributed by atoms with E-state index >= 15 is 0 Å². The number of nitrogen functional groups attached to an aromatic ring is 1. The molecule has 3 rings (SSSR count). The predicted molar refractivity (Wildman–Crippen MR) is 81.8 cm³/mol. The van der Waals surface area contributed by atoms with Crippen LogP contribution in [0.15, 0.2) is 48.5 Å². The number of nitrogens with zero attached hydrogens (tertiary/aromatic N) is 2. The normalized spacial score (nSPS) is 10.9. The van der Waals surface area contributed by atoms with Crippen molar-refractivity contribution in [2.24, 2.45) is 0 Å². The molecule has 0 saturated carbocycles. The Morgan fingerprint density at radius 1 is 1.14 bits per heavy atom. The minimum absolute atomic E-state index is 0.0418. The topological polar surface area (TPSA) is 81.1 Å². The van der Waals surface area contributed by atoms with Gasteiger partial charge in [0.25, 0.3) is 0 Å². The molecule has 0 aliphatic rings. The molecular formula is C16H15N3O2. The predicted octanol–water partition coefficient (Wildman–Crippen LogP) is 2.76. The number of fused-ring (bicyclic) bond motifs is 1. The molecule has 5 heteroatoms. The van der Waals surface area contributed by atoms with Gasteiger partial charge in [-0.3, -0.25) is 4.79 Å². The number of imidazole rings is 1. The van der Waals surface area contributed by atoms with Gasteiger partial charge in [0.2, 0.25) is 0 Å². The Labute approximate surface area is 121 Å². The van der Waals surface area contributed by atoms with Gasteiger partial charge >= 0.3 is 5.97 Å². The van der Waals surface area contributed by atoms with E-state index in [1.165, 1.54) is 0 Å². The molecule has 1 heterocycles. The van der Waals surface area contributed by atoms with Crippen molar-refractivity contribution < 1.29 is 9.90 Å². The Morgan fingerprint density at radius 3 is 2.62 bits per heavy atom. The number of aliphatic carboxylic acids is 1. The molecule has 1 aromatic heterocycles. The number of nitrogens with two attached hydrogens (primary N) is 1. The van der Waals surface area contributed by atoms with Crippen LogP contribution in [0.3, 0.4) is 0 Å². The van der Waals surface area contributed by atoms with Gasteiger partial charge in [0.1, 0.15) is 11.3 Å². The summed E-state index contributed by atoms with van der Waals surface area (Å²) in [6.45, 7) is 0.361. The second-order valence-corrected chi connectivity index (χ2v) is 4.81. The minimum atomic E-state index is -0.834. The molecule has 0 fully saturated rings. The highest BCUT2D eigenvalue weighted by Gasteiger charge is 2.14. The molecule has 3 N–H and O–H groups in total. The van der Waals surface area contributed by atoms with Crippen LogP contribution in [-0.4, -0.2) is 20.6 Å². The molecule has 0 bridgehead atoms. The molecule has 0 spiro atoms. The smallest absolute Gasteiger partial charge is 0.305 e. The number of anilines is 1. The van der Waals surface area contributed by atoms with E-state index in [-0.39, 0.29) is 6.42 Å². The number of carbonyl (C=O) groups is 1. The fourth-order valence-electron chi connectivity index (χ4n) is 2.41. The molecule has 0 aliphatic carbocycles. The molecule has 106 valence electrons. The summed E-state index contributed by atoms with van der Waals surface area (Å²) in [4.78, 5) is 15.5. The first-order valence-electron chi connectivity index (χ1n) is 6.69. The highest BCUT2D eigenvalue weighted by atomic mass is 16.4. The van der Waals surface area contributed by atoms with Crippen LogP contribution < -0.4 is 5.73 Å². The Morgan fingerprint density at radius 2 is 1.90 bits per heavy atom. The lowest BCUT2D eigenvalue weighted by Crippen LogP contribution is -2.06. The number of aromatic nitrogens is 2. The van der Waals surface area contributed by atoms with E-state index < -0.39 is 5.97 Å². The lowest BCUT2D eigenvalue weighted by atomic mass is 10.2. The van der Waals surface area contributed by atoms with Crippen molar-refractivity contribution in [3.8, 4) is 11.4 Å². The summed E-state index contributed by atoms with van der Waals surface area (Å²) in [6, 6.07) is 15.3. The van der Waals surface area contributed by atoms with Gasteiger partial charge in [0, 0.05) is 12.1 Å². The fourth-order valence-corrected chi connectivity index (χ4v) is 2.41. The molecule has 0 amide bonds. The van der Waals surface area contributed by atoms with Crippen LogP contribution in [-0.2, 0) is 11.3 Å². The highest BCUT2D eigenvalue weighted by Crippen LogP contribution is 2.28. The maximum absolute atomic E-state index is 10.9. The van der Waals surface area contributed by atoms with Crippen LogP contribution >= 0.6 is 0 Å². The van der Waals surface area contributed by atoms with Crippen molar-refractivity contribution in [2.45, 2.75) is 13.0 Å². The van der Waals surface area contributed by atoms with Gasteiger partial charge < -0.3 is 15.4 Å². The van der Waals surface area contributed by atoms with Crippen LogP contribution in [0.2, 0.25) is 0 Å². The molecule has 0 radical (unpaired) electrons. The van der Waals surface area contributed by atoms with E-state index in [2.05, 4.69) is 4.98 Å². The zero-order chi connectivity index (χ0) is 14.8. The first-order chi connectivity index (χ1) is 10.2. The number of carboxylic acids is 1. The van der Waals surface area contributed by atoms with E-state index in [4.69, 9.17) is 10.8 Å². The summed E-state index contributed by atoms with van der Waals surface area (Å²) in [5.41, 5.74) is 9.09. The van der Waals surface area contributed by atoms with Gasteiger partial charge in [-0.2, -0.15) is 0 Å². The second kappa shape index (κ2) is 5.28. The van der Waals surface area contributed by atoms with Gasteiger partial charge in [0.05, 0.1) is 17.6 Å². The number of rotatable bonds is 4. The third-order valence-corrected chi connectivity index (χ3v) is 3.39. The average Bonchev–Trinajstić information content (AvgIpc) is 2.86. The summed E-state index contributed by atoms with van der Waals surface area (Å²) < 4.78 is 1.91. The standard InChI is InChI=1S/C16H15N3O2/c17-12-7-4-8-13-15(12)18-16(11-5-2-1-3-6-11)19(13)10-9-14(20)21/h1-8H,9-10,17H2,(H,20,21). The Kier molecular flexibility index (Phi) is 3.31. The van der Waals surface area contributed by atoms with Crippen molar-refractivity contribution in [1.29, 1.82) is 0 Å². The Bertz CT molecular complexity index is 794. The fraction of sp³-hybridized carbons (Fsp3) is 0.125. The maximum atomic E-state index is 10.9. The van der Waals surface area contributed by atoms with Crippen molar-refractivity contribution in [2.75, 3.05) is 5.73 Å². The summed E-state index contributed by atoms with van der Waals surface area (Å²) in [6.07, 6.45) is 0.0418.